The van der Waals surface area contributed by atoms with Crippen LogP contribution in [-0.4, -0.2) is 28.9 Å². The highest BCUT2D eigenvalue weighted by molar-refractivity contribution is 7.80. The summed E-state index contributed by atoms with van der Waals surface area (Å²) in [7, 11) is 1.77. The topological polar surface area (TPSA) is 46.3 Å². The van der Waals surface area contributed by atoms with Crippen LogP contribution in [0, 0.1) is 0 Å². The monoisotopic (exact) mass is 188 g/mol. The van der Waals surface area contributed by atoms with E-state index in [2.05, 4.69) is 12.2 Å². The number of amides is 1. The molecule has 4 heteroatoms. The molecule has 0 rings (SSSR count). The van der Waals surface area contributed by atoms with Gasteiger partial charge in [0.05, 0.1) is 11.4 Å². The van der Waals surface area contributed by atoms with Crippen LogP contribution in [0.25, 0.3) is 0 Å². The smallest absolute Gasteiger partial charge is 0.229 e. The zero-order valence-corrected chi connectivity index (χ0v) is 8.65. The molecule has 0 saturated heterocycles. The van der Waals surface area contributed by atoms with E-state index < -0.39 is 0 Å². The molecule has 0 aliphatic carbocycles. The zero-order valence-electron chi connectivity index (χ0n) is 7.83. The summed E-state index contributed by atoms with van der Waals surface area (Å²) in [5.41, 5.74) is 5.26. The summed E-state index contributed by atoms with van der Waals surface area (Å²) in [4.78, 5) is 13.3. The molecule has 1 amide bonds. The first-order valence-electron chi connectivity index (χ1n) is 4.03. The number of rotatable bonds is 4. The van der Waals surface area contributed by atoms with Gasteiger partial charge in [-0.05, 0) is 13.3 Å². The Bertz CT molecular complexity index is 182. The minimum atomic E-state index is -0.00292. The average Bonchev–Trinajstić information content (AvgIpc) is 2.00. The van der Waals surface area contributed by atoms with Crippen molar-refractivity contribution in [2.24, 2.45) is 5.73 Å². The molecule has 0 aromatic heterocycles. The Kier molecular flexibility index (Phi) is 4.81. The van der Waals surface area contributed by atoms with Gasteiger partial charge in [0.25, 0.3) is 0 Å². The van der Waals surface area contributed by atoms with Gasteiger partial charge >= 0.3 is 0 Å². The number of hydrogen-bond acceptors (Lipinski definition) is 2. The number of carbonyl (C=O) groups is 1. The molecule has 0 aromatic carbocycles. The van der Waals surface area contributed by atoms with Crippen LogP contribution in [0.4, 0.5) is 0 Å². The van der Waals surface area contributed by atoms with E-state index in [4.69, 9.17) is 5.73 Å². The highest BCUT2D eigenvalue weighted by Gasteiger charge is 2.14. The first-order valence-corrected chi connectivity index (χ1v) is 4.43. The largest absolute Gasteiger partial charge is 0.393 e. The van der Waals surface area contributed by atoms with E-state index in [0.717, 1.165) is 6.42 Å². The summed E-state index contributed by atoms with van der Waals surface area (Å²) in [5, 5.41) is 0. The lowest BCUT2D eigenvalue weighted by Gasteiger charge is -2.23. The Balaban J connectivity index is 4.01. The van der Waals surface area contributed by atoms with Gasteiger partial charge in [0.1, 0.15) is 0 Å². The molecule has 0 fully saturated rings. The fraction of sp³-hybridized carbons (Fsp3) is 0.750. The SMILES string of the molecule is CCC(C)N(C)C(=O)CC(N)=S. The van der Waals surface area contributed by atoms with Crippen LogP contribution in [-0.2, 0) is 4.79 Å². The second kappa shape index (κ2) is 5.09. The fourth-order valence-electron chi connectivity index (χ4n) is 0.793. The maximum absolute atomic E-state index is 11.3. The Morgan fingerprint density at radius 3 is 2.50 bits per heavy atom. The van der Waals surface area contributed by atoms with Crippen LogP contribution < -0.4 is 5.73 Å². The molecule has 3 nitrogen and oxygen atoms in total. The molecule has 0 aromatic rings. The third-order valence-electron chi connectivity index (χ3n) is 1.97. The molecule has 0 saturated carbocycles. The van der Waals surface area contributed by atoms with Crippen molar-refractivity contribution in [2.75, 3.05) is 7.05 Å². The summed E-state index contributed by atoms with van der Waals surface area (Å²) < 4.78 is 0. The lowest BCUT2D eigenvalue weighted by molar-refractivity contribution is -0.130. The Morgan fingerprint density at radius 1 is 1.67 bits per heavy atom. The lowest BCUT2D eigenvalue weighted by Crippen LogP contribution is -2.36. The maximum atomic E-state index is 11.3. The van der Waals surface area contributed by atoms with Gasteiger partial charge < -0.3 is 10.6 Å². The van der Waals surface area contributed by atoms with E-state index in [1.807, 2.05) is 13.8 Å². The van der Waals surface area contributed by atoms with E-state index in [9.17, 15) is 4.79 Å². The highest BCUT2D eigenvalue weighted by atomic mass is 32.1. The van der Waals surface area contributed by atoms with Crippen LogP contribution in [0.3, 0.4) is 0 Å². The Labute approximate surface area is 78.9 Å². The summed E-state index contributed by atoms with van der Waals surface area (Å²) >= 11 is 4.64. The van der Waals surface area contributed by atoms with E-state index in [-0.39, 0.29) is 23.4 Å². The summed E-state index contributed by atoms with van der Waals surface area (Å²) in [6.45, 7) is 4.03. The Hall–Kier alpha value is -0.640. The van der Waals surface area contributed by atoms with Crippen molar-refractivity contribution >= 4 is 23.1 Å². The van der Waals surface area contributed by atoms with Crippen molar-refractivity contribution in [3.05, 3.63) is 0 Å². The van der Waals surface area contributed by atoms with Crippen LogP contribution in [0.15, 0.2) is 0 Å². The number of nitrogens with zero attached hydrogens (tertiary/aromatic N) is 1. The molecule has 2 N–H and O–H groups in total. The summed E-state index contributed by atoms with van der Waals surface area (Å²) in [6.07, 6.45) is 1.12. The first kappa shape index (κ1) is 11.4. The molecule has 12 heavy (non-hydrogen) atoms. The van der Waals surface area contributed by atoms with E-state index in [1.165, 1.54) is 0 Å². The van der Waals surface area contributed by atoms with Crippen molar-refractivity contribution in [1.82, 2.24) is 4.90 Å². The molecule has 0 heterocycles. The van der Waals surface area contributed by atoms with Crippen LogP contribution in [0.1, 0.15) is 26.7 Å². The van der Waals surface area contributed by atoms with Gasteiger partial charge in [-0.15, -0.1) is 0 Å². The van der Waals surface area contributed by atoms with Crippen LogP contribution in [0.5, 0.6) is 0 Å². The van der Waals surface area contributed by atoms with Gasteiger partial charge in [0.15, 0.2) is 0 Å². The van der Waals surface area contributed by atoms with Gasteiger partial charge in [-0.2, -0.15) is 0 Å². The minimum absolute atomic E-state index is 0.00292. The molecular formula is C8H16N2OS. The van der Waals surface area contributed by atoms with Gasteiger partial charge in [-0.25, -0.2) is 0 Å². The number of thiocarbonyl (C=S) groups is 1. The zero-order chi connectivity index (χ0) is 9.72. The van der Waals surface area contributed by atoms with Crippen molar-refractivity contribution < 1.29 is 4.79 Å². The molecule has 70 valence electrons. The predicted molar refractivity (Wildman–Crippen MR) is 53.9 cm³/mol. The molecule has 0 bridgehead atoms. The molecular weight excluding hydrogens is 172 g/mol. The van der Waals surface area contributed by atoms with Gasteiger partial charge in [0, 0.05) is 13.1 Å². The highest BCUT2D eigenvalue weighted by Crippen LogP contribution is 2.02. The first-order chi connectivity index (χ1) is 5.49. The Morgan fingerprint density at radius 2 is 2.17 bits per heavy atom. The van der Waals surface area contributed by atoms with Crippen molar-refractivity contribution in [3.8, 4) is 0 Å². The summed E-state index contributed by atoms with van der Waals surface area (Å²) in [6, 6.07) is 0.256. The van der Waals surface area contributed by atoms with Crippen LogP contribution in [0.2, 0.25) is 0 Å². The third kappa shape index (κ3) is 3.67. The fourth-order valence-corrected chi connectivity index (χ4v) is 0.917. The lowest BCUT2D eigenvalue weighted by atomic mass is 10.2. The second-order valence-electron chi connectivity index (χ2n) is 2.91. The van der Waals surface area contributed by atoms with Crippen molar-refractivity contribution in [3.63, 3.8) is 0 Å². The quantitative estimate of drug-likeness (QED) is 0.667. The van der Waals surface area contributed by atoms with Crippen molar-refractivity contribution in [2.45, 2.75) is 32.7 Å². The normalized spacial score (nSPS) is 12.2. The second-order valence-corrected chi connectivity index (χ2v) is 3.43. The summed E-state index contributed by atoms with van der Waals surface area (Å²) in [5.74, 6) is -0.00292. The predicted octanol–water partition coefficient (Wildman–Crippen LogP) is 0.920. The molecule has 0 aliphatic heterocycles. The van der Waals surface area contributed by atoms with Gasteiger partial charge in [-0.3, -0.25) is 4.79 Å². The van der Waals surface area contributed by atoms with Gasteiger partial charge in [0.2, 0.25) is 5.91 Å². The number of hydrogen-bond donors (Lipinski definition) is 1. The van der Waals surface area contributed by atoms with Gasteiger partial charge in [-0.1, -0.05) is 19.1 Å². The van der Waals surface area contributed by atoms with E-state index in [1.54, 1.807) is 11.9 Å². The molecule has 1 unspecified atom stereocenters. The molecule has 1 atom stereocenters. The standard InChI is InChI=1S/C8H16N2OS/c1-4-6(2)10(3)8(11)5-7(9)12/h6H,4-5H2,1-3H3,(H2,9,12). The molecule has 0 radical (unpaired) electrons. The van der Waals surface area contributed by atoms with Crippen molar-refractivity contribution in [1.29, 1.82) is 0 Å². The van der Waals surface area contributed by atoms with Crippen LogP contribution >= 0.6 is 12.2 Å². The molecule has 0 spiro atoms. The minimum Gasteiger partial charge on any atom is -0.393 e. The third-order valence-corrected chi connectivity index (χ3v) is 2.12. The van der Waals surface area contributed by atoms with E-state index >= 15 is 0 Å². The number of carbonyl (C=O) groups excluding carboxylic acids is 1. The average molecular weight is 188 g/mol. The van der Waals surface area contributed by atoms with E-state index in [0.29, 0.717) is 0 Å². The molecule has 0 aliphatic rings. The number of nitrogens with two attached hydrogens (primary N) is 1. The maximum Gasteiger partial charge on any atom is 0.229 e.